The van der Waals surface area contributed by atoms with E-state index in [1.807, 2.05) is 0 Å². The zero-order chi connectivity index (χ0) is 16.2. The molecule has 1 heterocycles. The molecule has 1 aliphatic heterocycles. The van der Waals surface area contributed by atoms with Gasteiger partial charge in [-0.3, -0.25) is 4.79 Å². The molecule has 0 saturated carbocycles. The maximum absolute atomic E-state index is 12.2. The van der Waals surface area contributed by atoms with E-state index in [0.29, 0.717) is 17.8 Å². The van der Waals surface area contributed by atoms with E-state index in [1.165, 1.54) is 0 Å². The van der Waals surface area contributed by atoms with Crippen molar-refractivity contribution in [3.63, 3.8) is 0 Å². The molecule has 1 saturated heterocycles. The fourth-order valence-electron chi connectivity index (χ4n) is 2.46. The van der Waals surface area contributed by atoms with E-state index in [2.05, 4.69) is 10.6 Å². The molecule has 6 heteroatoms. The van der Waals surface area contributed by atoms with Gasteiger partial charge in [-0.15, -0.1) is 0 Å². The standard InChI is InChI=1S/C16H24N2O3S/c1-12(2)22(20,21)11-13-5-3-7-15(9-13)18-16(19)14-6-4-8-17-10-14/h3,5,7,9,12,14,17H,4,6,8,10-11H2,1-2H3,(H,18,19). The molecule has 0 spiro atoms. The smallest absolute Gasteiger partial charge is 0.228 e. The van der Waals surface area contributed by atoms with Crippen molar-refractivity contribution in [3.8, 4) is 0 Å². The first-order chi connectivity index (χ1) is 10.4. The molecule has 2 rings (SSSR count). The van der Waals surface area contributed by atoms with Crippen LogP contribution in [0.1, 0.15) is 32.3 Å². The lowest BCUT2D eigenvalue weighted by Crippen LogP contribution is -2.37. The average molecular weight is 324 g/mol. The molecule has 22 heavy (non-hydrogen) atoms. The fourth-order valence-corrected chi connectivity index (χ4v) is 3.44. The molecule has 0 aliphatic carbocycles. The zero-order valence-corrected chi connectivity index (χ0v) is 13.9. The highest BCUT2D eigenvalue weighted by molar-refractivity contribution is 7.91. The Labute approximate surface area is 132 Å². The van der Waals surface area contributed by atoms with Crippen LogP contribution >= 0.6 is 0 Å². The van der Waals surface area contributed by atoms with Gasteiger partial charge in [-0.05, 0) is 50.9 Å². The molecule has 122 valence electrons. The maximum Gasteiger partial charge on any atom is 0.228 e. The highest BCUT2D eigenvalue weighted by Gasteiger charge is 2.21. The first kappa shape index (κ1) is 17.0. The van der Waals surface area contributed by atoms with Crippen molar-refractivity contribution in [1.82, 2.24) is 5.32 Å². The van der Waals surface area contributed by atoms with E-state index in [0.717, 1.165) is 19.4 Å². The molecule has 0 bridgehead atoms. The number of amides is 1. The monoisotopic (exact) mass is 324 g/mol. The number of hydrogen-bond donors (Lipinski definition) is 2. The second-order valence-electron chi connectivity index (χ2n) is 6.09. The molecule has 0 radical (unpaired) electrons. The van der Waals surface area contributed by atoms with Gasteiger partial charge in [0, 0.05) is 12.2 Å². The Kier molecular flexibility index (Phi) is 5.58. The van der Waals surface area contributed by atoms with Gasteiger partial charge in [-0.25, -0.2) is 8.42 Å². The number of anilines is 1. The number of hydrogen-bond acceptors (Lipinski definition) is 4. The summed E-state index contributed by atoms with van der Waals surface area (Å²) in [4.78, 5) is 12.2. The summed E-state index contributed by atoms with van der Waals surface area (Å²) in [6, 6.07) is 7.09. The number of benzene rings is 1. The van der Waals surface area contributed by atoms with Crippen molar-refractivity contribution in [3.05, 3.63) is 29.8 Å². The van der Waals surface area contributed by atoms with E-state index < -0.39 is 15.1 Å². The second-order valence-corrected chi connectivity index (χ2v) is 8.65. The van der Waals surface area contributed by atoms with Crippen molar-refractivity contribution in [2.24, 2.45) is 5.92 Å². The summed E-state index contributed by atoms with van der Waals surface area (Å²) in [6.07, 6.45) is 1.89. The molecule has 1 aliphatic rings. The molecule has 1 amide bonds. The minimum Gasteiger partial charge on any atom is -0.326 e. The highest BCUT2D eigenvalue weighted by atomic mass is 32.2. The summed E-state index contributed by atoms with van der Waals surface area (Å²) in [5.74, 6) is -0.0211. The normalized spacial score (nSPS) is 19.1. The molecule has 5 nitrogen and oxygen atoms in total. The highest BCUT2D eigenvalue weighted by Crippen LogP contribution is 2.18. The Morgan fingerprint density at radius 1 is 1.41 bits per heavy atom. The largest absolute Gasteiger partial charge is 0.326 e. The summed E-state index contributed by atoms with van der Waals surface area (Å²) < 4.78 is 24.0. The minimum atomic E-state index is -3.14. The van der Waals surface area contributed by atoms with Crippen molar-refractivity contribution in [1.29, 1.82) is 0 Å². The molecule has 1 fully saturated rings. The van der Waals surface area contributed by atoms with Gasteiger partial charge < -0.3 is 10.6 Å². The summed E-state index contributed by atoms with van der Waals surface area (Å²) in [5, 5.41) is 5.71. The average Bonchev–Trinajstić information content (AvgIpc) is 2.48. The van der Waals surface area contributed by atoms with Crippen LogP contribution in [0.5, 0.6) is 0 Å². The Morgan fingerprint density at radius 3 is 2.82 bits per heavy atom. The number of rotatable bonds is 5. The van der Waals surface area contributed by atoms with Crippen LogP contribution in [0.3, 0.4) is 0 Å². The van der Waals surface area contributed by atoms with Gasteiger partial charge in [0.25, 0.3) is 0 Å². The van der Waals surface area contributed by atoms with Gasteiger partial charge >= 0.3 is 0 Å². The van der Waals surface area contributed by atoms with Crippen LogP contribution in [0.25, 0.3) is 0 Å². The molecule has 2 N–H and O–H groups in total. The van der Waals surface area contributed by atoms with E-state index in [4.69, 9.17) is 0 Å². The van der Waals surface area contributed by atoms with Crippen LogP contribution in [0.15, 0.2) is 24.3 Å². The fraction of sp³-hybridized carbons (Fsp3) is 0.562. The van der Waals surface area contributed by atoms with E-state index >= 15 is 0 Å². The minimum absolute atomic E-state index is 0.000634. The van der Waals surface area contributed by atoms with E-state index in [1.54, 1.807) is 38.1 Å². The first-order valence-corrected chi connectivity index (χ1v) is 9.42. The SMILES string of the molecule is CC(C)S(=O)(=O)Cc1cccc(NC(=O)C2CCCNC2)c1. The van der Waals surface area contributed by atoms with Crippen LogP contribution in [0.4, 0.5) is 5.69 Å². The predicted octanol–water partition coefficient (Wildman–Crippen LogP) is 1.95. The van der Waals surface area contributed by atoms with E-state index in [-0.39, 0.29) is 17.6 Å². The van der Waals surface area contributed by atoms with Crippen LogP contribution in [-0.2, 0) is 20.4 Å². The molecule has 0 aromatic heterocycles. The van der Waals surface area contributed by atoms with Crippen molar-refractivity contribution >= 4 is 21.4 Å². The quantitative estimate of drug-likeness (QED) is 0.868. The first-order valence-electron chi connectivity index (χ1n) is 7.70. The Bertz CT molecular complexity index is 620. The Balaban J connectivity index is 2.03. The van der Waals surface area contributed by atoms with Gasteiger partial charge in [0.05, 0.1) is 16.9 Å². The molecule has 1 aromatic carbocycles. The predicted molar refractivity (Wildman–Crippen MR) is 88.4 cm³/mol. The third-order valence-electron chi connectivity index (χ3n) is 3.95. The van der Waals surface area contributed by atoms with Gasteiger partial charge in [-0.1, -0.05) is 12.1 Å². The summed E-state index contributed by atoms with van der Waals surface area (Å²) in [7, 11) is -3.14. The topological polar surface area (TPSA) is 75.3 Å². The summed E-state index contributed by atoms with van der Waals surface area (Å²) >= 11 is 0. The number of nitrogens with one attached hydrogen (secondary N) is 2. The lowest BCUT2D eigenvalue weighted by Gasteiger charge is -2.22. The number of carbonyl (C=O) groups excluding carboxylic acids is 1. The Morgan fingerprint density at radius 2 is 2.18 bits per heavy atom. The second kappa shape index (κ2) is 7.24. The number of piperidine rings is 1. The zero-order valence-electron chi connectivity index (χ0n) is 13.1. The molecular weight excluding hydrogens is 300 g/mol. The van der Waals surface area contributed by atoms with Gasteiger partial charge in [0.2, 0.25) is 5.91 Å². The van der Waals surface area contributed by atoms with Crippen LogP contribution < -0.4 is 10.6 Å². The lowest BCUT2D eigenvalue weighted by molar-refractivity contribution is -0.120. The summed E-state index contributed by atoms with van der Waals surface area (Å²) in [6.45, 7) is 5.02. The third-order valence-corrected chi connectivity index (χ3v) is 6.12. The van der Waals surface area contributed by atoms with Crippen molar-refractivity contribution < 1.29 is 13.2 Å². The molecule has 1 aromatic rings. The van der Waals surface area contributed by atoms with Crippen molar-refractivity contribution in [2.75, 3.05) is 18.4 Å². The van der Waals surface area contributed by atoms with E-state index in [9.17, 15) is 13.2 Å². The van der Waals surface area contributed by atoms with Gasteiger partial charge in [-0.2, -0.15) is 0 Å². The van der Waals surface area contributed by atoms with Crippen LogP contribution in [-0.4, -0.2) is 32.7 Å². The van der Waals surface area contributed by atoms with Crippen LogP contribution in [0.2, 0.25) is 0 Å². The molecule has 1 unspecified atom stereocenters. The lowest BCUT2D eigenvalue weighted by atomic mass is 9.99. The third kappa shape index (κ3) is 4.55. The maximum atomic E-state index is 12.2. The van der Waals surface area contributed by atoms with Crippen molar-refractivity contribution in [2.45, 2.75) is 37.7 Å². The molecule has 1 atom stereocenters. The summed E-state index contributed by atoms with van der Waals surface area (Å²) in [5.41, 5.74) is 1.36. The number of carbonyl (C=O) groups is 1. The van der Waals surface area contributed by atoms with Gasteiger partial charge in [0.1, 0.15) is 0 Å². The van der Waals surface area contributed by atoms with Crippen LogP contribution in [0, 0.1) is 5.92 Å². The molecular formula is C16H24N2O3S. The number of sulfone groups is 1. The van der Waals surface area contributed by atoms with Gasteiger partial charge in [0.15, 0.2) is 9.84 Å². The Hall–Kier alpha value is -1.40.